The van der Waals surface area contributed by atoms with Crippen molar-refractivity contribution < 1.29 is 4.79 Å². The molecule has 3 heterocycles. The number of anilines is 1. The number of rotatable bonds is 3. The fourth-order valence-electron chi connectivity index (χ4n) is 4.39. The van der Waals surface area contributed by atoms with Crippen molar-refractivity contribution >= 4 is 11.7 Å². The van der Waals surface area contributed by atoms with E-state index < -0.39 is 0 Å². The van der Waals surface area contributed by atoms with Gasteiger partial charge < -0.3 is 9.80 Å². The number of fused-ring (bicyclic) bond motifs is 1. The van der Waals surface area contributed by atoms with Crippen LogP contribution in [0.15, 0.2) is 36.4 Å². The van der Waals surface area contributed by atoms with Crippen LogP contribution in [0, 0.1) is 18.8 Å². The molecule has 2 unspecified atom stereocenters. The van der Waals surface area contributed by atoms with Crippen molar-refractivity contribution in [2.24, 2.45) is 11.8 Å². The molecular weight excluding hydrogens is 348 g/mol. The fourth-order valence-corrected chi connectivity index (χ4v) is 4.39. The summed E-state index contributed by atoms with van der Waals surface area (Å²) in [5.41, 5.74) is 3.35. The lowest BCUT2D eigenvalue weighted by Gasteiger charge is -2.23. The molecule has 0 spiro atoms. The Morgan fingerprint density at radius 1 is 1.04 bits per heavy atom. The van der Waals surface area contributed by atoms with Gasteiger partial charge in [-0.3, -0.25) is 4.79 Å². The van der Waals surface area contributed by atoms with Crippen molar-refractivity contribution in [3.05, 3.63) is 53.2 Å². The maximum Gasteiger partial charge on any atom is 0.227 e. The Labute approximate surface area is 167 Å². The predicted octanol–water partition coefficient (Wildman–Crippen LogP) is 3.22. The lowest BCUT2D eigenvalue weighted by molar-refractivity contribution is -0.129. The van der Waals surface area contributed by atoms with Crippen LogP contribution in [0.2, 0.25) is 0 Å². The number of nitrogens with zero attached hydrogens (tertiary/aromatic N) is 4. The molecular formula is C23H30N4O. The molecule has 2 atom stereocenters. The van der Waals surface area contributed by atoms with Crippen LogP contribution in [-0.4, -0.2) is 47.2 Å². The fraction of sp³-hybridized carbons (Fsp3) is 0.522. The highest BCUT2D eigenvalue weighted by Gasteiger charge is 2.42. The second-order valence-corrected chi connectivity index (χ2v) is 9.42. The van der Waals surface area contributed by atoms with Crippen LogP contribution in [0.25, 0.3) is 0 Å². The molecule has 4 rings (SSSR count). The minimum atomic E-state index is 0.0191. The number of aryl methyl sites for hydroxylation is 1. The van der Waals surface area contributed by atoms with E-state index in [4.69, 9.17) is 0 Å². The summed E-state index contributed by atoms with van der Waals surface area (Å²) in [4.78, 5) is 17.1. The molecule has 2 saturated heterocycles. The van der Waals surface area contributed by atoms with Crippen LogP contribution >= 0.6 is 0 Å². The van der Waals surface area contributed by atoms with Gasteiger partial charge in [0.1, 0.15) is 0 Å². The minimum absolute atomic E-state index is 0.0191. The molecule has 2 aromatic rings. The Kier molecular flexibility index (Phi) is 4.86. The molecule has 0 N–H and O–H groups in total. The van der Waals surface area contributed by atoms with E-state index in [-0.39, 0.29) is 11.3 Å². The predicted molar refractivity (Wildman–Crippen MR) is 111 cm³/mol. The number of aromatic nitrogens is 2. The molecule has 0 aliphatic carbocycles. The lowest BCUT2D eigenvalue weighted by atomic mass is 9.92. The zero-order valence-corrected chi connectivity index (χ0v) is 17.4. The van der Waals surface area contributed by atoms with E-state index in [0.717, 1.165) is 43.3 Å². The highest BCUT2D eigenvalue weighted by Crippen LogP contribution is 2.33. The van der Waals surface area contributed by atoms with Gasteiger partial charge in [0.2, 0.25) is 5.91 Å². The lowest BCUT2D eigenvalue weighted by Crippen LogP contribution is -2.34. The zero-order chi connectivity index (χ0) is 19.9. The van der Waals surface area contributed by atoms with Gasteiger partial charge in [0.25, 0.3) is 0 Å². The number of likely N-dealkylation sites (tertiary alicyclic amines) is 1. The Morgan fingerprint density at radius 3 is 2.32 bits per heavy atom. The molecule has 1 aromatic carbocycles. The van der Waals surface area contributed by atoms with Gasteiger partial charge >= 0.3 is 0 Å². The summed E-state index contributed by atoms with van der Waals surface area (Å²) in [7, 11) is 0. The molecule has 148 valence electrons. The van der Waals surface area contributed by atoms with Gasteiger partial charge in [-0.05, 0) is 24.6 Å². The van der Waals surface area contributed by atoms with Crippen LogP contribution in [0.4, 0.5) is 5.82 Å². The maximum atomic E-state index is 12.7. The van der Waals surface area contributed by atoms with Crippen molar-refractivity contribution in [3.63, 3.8) is 0 Å². The number of carbonyl (C=O) groups excluding carboxylic acids is 1. The summed E-state index contributed by atoms with van der Waals surface area (Å²) in [5, 5.41) is 8.90. The molecule has 5 nitrogen and oxygen atoms in total. The topological polar surface area (TPSA) is 49.3 Å². The first-order valence-corrected chi connectivity index (χ1v) is 10.2. The third-order valence-electron chi connectivity index (χ3n) is 6.02. The second-order valence-electron chi connectivity index (χ2n) is 9.42. The van der Waals surface area contributed by atoms with Crippen LogP contribution in [-0.2, 0) is 16.6 Å². The molecule has 2 aliphatic heterocycles. The van der Waals surface area contributed by atoms with Gasteiger partial charge in [0.05, 0.1) is 12.1 Å². The highest BCUT2D eigenvalue weighted by molar-refractivity contribution is 5.79. The average molecular weight is 379 g/mol. The van der Waals surface area contributed by atoms with E-state index in [1.807, 2.05) is 12.1 Å². The molecule has 5 heteroatoms. The van der Waals surface area contributed by atoms with E-state index in [0.29, 0.717) is 18.3 Å². The molecule has 2 aliphatic rings. The van der Waals surface area contributed by atoms with Crippen molar-refractivity contribution in [2.75, 3.05) is 31.1 Å². The van der Waals surface area contributed by atoms with E-state index in [9.17, 15) is 4.79 Å². The van der Waals surface area contributed by atoms with Crippen LogP contribution in [0.1, 0.15) is 37.6 Å². The summed E-state index contributed by atoms with van der Waals surface area (Å²) in [6, 6.07) is 12.4. The molecule has 28 heavy (non-hydrogen) atoms. The zero-order valence-electron chi connectivity index (χ0n) is 17.4. The third-order valence-corrected chi connectivity index (χ3v) is 6.02. The van der Waals surface area contributed by atoms with Crippen LogP contribution < -0.4 is 4.90 Å². The van der Waals surface area contributed by atoms with Crippen molar-refractivity contribution in [3.8, 4) is 0 Å². The molecule has 1 amide bonds. The quantitative estimate of drug-likeness (QED) is 0.823. The van der Waals surface area contributed by atoms with Crippen molar-refractivity contribution in [2.45, 2.75) is 39.5 Å². The van der Waals surface area contributed by atoms with Gasteiger partial charge in [0, 0.05) is 43.4 Å². The summed E-state index contributed by atoms with van der Waals surface area (Å²) in [6.45, 7) is 12.2. The number of hydrogen-bond acceptors (Lipinski definition) is 4. The first kappa shape index (κ1) is 18.9. The monoisotopic (exact) mass is 378 g/mol. The van der Waals surface area contributed by atoms with Crippen LogP contribution in [0.3, 0.4) is 0 Å². The summed E-state index contributed by atoms with van der Waals surface area (Å²) in [5.74, 6) is 2.28. The van der Waals surface area contributed by atoms with Crippen molar-refractivity contribution in [1.29, 1.82) is 0 Å². The van der Waals surface area contributed by atoms with Gasteiger partial charge in [-0.1, -0.05) is 50.6 Å². The van der Waals surface area contributed by atoms with Crippen LogP contribution in [0.5, 0.6) is 0 Å². The summed E-state index contributed by atoms with van der Waals surface area (Å²) in [6.07, 6.45) is 0.505. The highest BCUT2D eigenvalue weighted by atomic mass is 16.2. The number of hydrogen-bond donors (Lipinski definition) is 0. The first-order chi connectivity index (χ1) is 13.3. The Hall–Kier alpha value is -2.43. The largest absolute Gasteiger partial charge is 0.354 e. The number of amides is 1. The Bertz CT molecular complexity index is 842. The van der Waals surface area contributed by atoms with Gasteiger partial charge in [-0.15, -0.1) is 5.10 Å². The molecule has 1 aromatic heterocycles. The van der Waals surface area contributed by atoms with E-state index in [2.05, 4.69) is 72.0 Å². The standard InChI is InChI=1S/C23H30N4O/c1-16-6-5-7-17(10-16)11-22(28)27-14-18-12-26(13-19(18)15-27)21-9-8-20(24-25-21)23(2,3)4/h5-10,18-19H,11-15H2,1-4H3. The molecule has 2 fully saturated rings. The van der Waals surface area contributed by atoms with Crippen molar-refractivity contribution in [1.82, 2.24) is 15.1 Å². The van der Waals surface area contributed by atoms with E-state index in [1.54, 1.807) is 0 Å². The minimum Gasteiger partial charge on any atom is -0.354 e. The first-order valence-electron chi connectivity index (χ1n) is 10.2. The van der Waals surface area contributed by atoms with Gasteiger partial charge in [0.15, 0.2) is 5.82 Å². The smallest absolute Gasteiger partial charge is 0.227 e. The Morgan fingerprint density at radius 2 is 1.75 bits per heavy atom. The third kappa shape index (κ3) is 3.89. The Balaban J connectivity index is 1.35. The summed E-state index contributed by atoms with van der Waals surface area (Å²) < 4.78 is 0. The average Bonchev–Trinajstić information content (AvgIpc) is 3.20. The van der Waals surface area contributed by atoms with Gasteiger partial charge in [-0.2, -0.15) is 5.10 Å². The molecule has 0 bridgehead atoms. The van der Waals surface area contributed by atoms with E-state index >= 15 is 0 Å². The molecule has 0 radical (unpaired) electrons. The summed E-state index contributed by atoms with van der Waals surface area (Å²) >= 11 is 0. The molecule has 0 saturated carbocycles. The number of benzene rings is 1. The SMILES string of the molecule is Cc1cccc(CC(=O)N2CC3CN(c4ccc(C(C)(C)C)nn4)CC3C2)c1. The maximum absolute atomic E-state index is 12.7. The van der Waals surface area contributed by atoms with Gasteiger partial charge in [-0.25, -0.2) is 0 Å². The normalized spacial score (nSPS) is 21.9. The second kappa shape index (κ2) is 7.19. The number of carbonyl (C=O) groups is 1. The van der Waals surface area contributed by atoms with E-state index in [1.165, 1.54) is 5.56 Å².